The van der Waals surface area contributed by atoms with E-state index in [2.05, 4.69) is 26.6 Å². The van der Waals surface area contributed by atoms with Crippen molar-refractivity contribution >= 4 is 17.0 Å². The lowest BCUT2D eigenvalue weighted by Crippen LogP contribution is -2.46. The first-order valence-electron chi connectivity index (χ1n) is 9.45. The van der Waals surface area contributed by atoms with E-state index in [-0.39, 0.29) is 17.7 Å². The molecule has 4 aromatic rings. The maximum Gasteiger partial charge on any atom is 0.242 e. The predicted octanol–water partition coefficient (Wildman–Crippen LogP) is 2.37. The van der Waals surface area contributed by atoms with E-state index in [9.17, 15) is 9.65 Å². The number of hydrogen-bond acceptors (Lipinski definition) is 6. The van der Waals surface area contributed by atoms with Crippen LogP contribution < -0.4 is 5.32 Å². The Morgan fingerprint density at radius 3 is 2.93 bits per heavy atom. The van der Waals surface area contributed by atoms with E-state index < -0.39 is 6.17 Å². The van der Waals surface area contributed by atoms with Gasteiger partial charge in [0.1, 0.15) is 17.8 Å². The normalized spacial score (nSPS) is 20.2. The zero-order valence-corrected chi connectivity index (χ0v) is 15.8. The first kappa shape index (κ1) is 17.6. The number of nitrogens with one attached hydrogen (secondary N) is 1. The number of pyridine rings is 1. The van der Waals surface area contributed by atoms with Crippen LogP contribution in [-0.2, 0) is 0 Å². The molecule has 1 fully saturated rings. The number of likely N-dealkylation sites (tertiary alicyclic amines) is 1. The molecule has 5 heterocycles. The molecule has 1 saturated heterocycles. The third kappa shape index (κ3) is 3.07. The van der Waals surface area contributed by atoms with Crippen molar-refractivity contribution in [1.29, 1.82) is 5.26 Å². The SMILES string of the molecule is CN1CC[C@@H](Nc2nc(C#N)c3c(-c4ccn5nccc5c4)ccn3n2)C(F)C1. The van der Waals surface area contributed by atoms with E-state index in [1.165, 1.54) is 0 Å². The molecule has 1 aliphatic heterocycles. The third-order valence-electron chi connectivity index (χ3n) is 5.39. The van der Waals surface area contributed by atoms with Crippen LogP contribution in [0.4, 0.5) is 10.3 Å². The van der Waals surface area contributed by atoms with Crippen LogP contribution in [0, 0.1) is 11.3 Å². The van der Waals surface area contributed by atoms with E-state index in [1.54, 1.807) is 21.4 Å². The number of rotatable bonds is 3. The summed E-state index contributed by atoms with van der Waals surface area (Å²) in [6, 6.07) is 9.56. The summed E-state index contributed by atoms with van der Waals surface area (Å²) in [5.41, 5.74) is 3.64. The molecule has 0 radical (unpaired) electrons. The summed E-state index contributed by atoms with van der Waals surface area (Å²) in [5, 5.41) is 21.5. The minimum absolute atomic E-state index is 0.249. The Bertz CT molecular complexity index is 1240. The van der Waals surface area contributed by atoms with Gasteiger partial charge in [-0.2, -0.15) is 15.3 Å². The number of nitrogens with zero attached hydrogens (tertiary/aromatic N) is 7. The first-order chi connectivity index (χ1) is 14.1. The molecule has 1 unspecified atom stereocenters. The zero-order valence-electron chi connectivity index (χ0n) is 15.8. The molecule has 9 heteroatoms. The smallest absolute Gasteiger partial charge is 0.242 e. The van der Waals surface area contributed by atoms with Crippen molar-refractivity contribution in [1.82, 2.24) is 29.1 Å². The van der Waals surface area contributed by atoms with E-state index in [0.717, 1.165) is 23.2 Å². The lowest BCUT2D eigenvalue weighted by atomic mass is 10.0. The summed E-state index contributed by atoms with van der Waals surface area (Å²) in [6.45, 7) is 1.17. The number of alkyl halides is 1. The highest BCUT2D eigenvalue weighted by Crippen LogP contribution is 2.28. The minimum atomic E-state index is -1.01. The number of anilines is 1. The van der Waals surface area contributed by atoms with Gasteiger partial charge in [0.15, 0.2) is 5.69 Å². The Morgan fingerprint density at radius 2 is 2.10 bits per heavy atom. The predicted molar refractivity (Wildman–Crippen MR) is 106 cm³/mol. The topological polar surface area (TPSA) is 86.5 Å². The molecule has 1 N–H and O–H groups in total. The maximum absolute atomic E-state index is 14.4. The zero-order chi connectivity index (χ0) is 20.0. The number of halogens is 1. The highest BCUT2D eigenvalue weighted by molar-refractivity contribution is 5.85. The van der Waals surface area contributed by atoms with Gasteiger partial charge >= 0.3 is 0 Å². The molecular weight excluding hydrogens is 371 g/mol. The van der Waals surface area contributed by atoms with Gasteiger partial charge in [-0.15, -0.1) is 5.10 Å². The summed E-state index contributed by atoms with van der Waals surface area (Å²) in [4.78, 5) is 6.34. The summed E-state index contributed by atoms with van der Waals surface area (Å²) < 4.78 is 17.8. The average molecular weight is 390 g/mol. The number of aromatic nitrogens is 5. The number of piperidine rings is 1. The Hall–Kier alpha value is -3.51. The Labute approximate surface area is 166 Å². The van der Waals surface area contributed by atoms with Gasteiger partial charge in [-0.05, 0) is 43.3 Å². The second-order valence-electron chi connectivity index (χ2n) is 7.35. The molecule has 0 saturated carbocycles. The molecule has 1 aliphatic rings. The van der Waals surface area contributed by atoms with Crippen LogP contribution in [0.2, 0.25) is 0 Å². The molecule has 4 aromatic heterocycles. The Kier molecular flexibility index (Phi) is 4.14. The average Bonchev–Trinajstić information content (AvgIpc) is 3.35. The Balaban J connectivity index is 1.53. The van der Waals surface area contributed by atoms with Gasteiger partial charge in [0.2, 0.25) is 5.95 Å². The van der Waals surface area contributed by atoms with Gasteiger partial charge in [0.25, 0.3) is 0 Å². The van der Waals surface area contributed by atoms with Crippen molar-refractivity contribution in [2.24, 2.45) is 0 Å². The van der Waals surface area contributed by atoms with Crippen LogP contribution in [0.5, 0.6) is 0 Å². The minimum Gasteiger partial charge on any atom is -0.347 e. The van der Waals surface area contributed by atoms with Crippen LogP contribution in [0.1, 0.15) is 12.1 Å². The summed E-state index contributed by atoms with van der Waals surface area (Å²) in [6.07, 6.45) is 5.04. The van der Waals surface area contributed by atoms with Crippen molar-refractivity contribution in [2.45, 2.75) is 18.6 Å². The van der Waals surface area contributed by atoms with Gasteiger partial charge in [-0.25, -0.2) is 13.4 Å². The van der Waals surface area contributed by atoms with E-state index in [4.69, 9.17) is 0 Å². The fraction of sp³-hybridized carbons (Fsp3) is 0.300. The molecule has 0 aromatic carbocycles. The molecule has 5 rings (SSSR count). The van der Waals surface area contributed by atoms with Crippen molar-refractivity contribution < 1.29 is 4.39 Å². The van der Waals surface area contributed by atoms with E-state index >= 15 is 0 Å². The molecule has 0 spiro atoms. The molecule has 8 nitrogen and oxygen atoms in total. The quantitative estimate of drug-likeness (QED) is 0.578. The Morgan fingerprint density at radius 1 is 1.24 bits per heavy atom. The summed E-state index contributed by atoms with van der Waals surface area (Å²) >= 11 is 0. The van der Waals surface area contributed by atoms with Crippen molar-refractivity contribution in [2.75, 3.05) is 25.5 Å². The van der Waals surface area contributed by atoms with Crippen LogP contribution >= 0.6 is 0 Å². The largest absolute Gasteiger partial charge is 0.347 e. The van der Waals surface area contributed by atoms with Gasteiger partial charge in [0.05, 0.1) is 11.6 Å². The third-order valence-corrected chi connectivity index (χ3v) is 5.39. The van der Waals surface area contributed by atoms with Gasteiger partial charge in [0, 0.05) is 37.2 Å². The molecule has 0 aliphatic carbocycles. The van der Waals surface area contributed by atoms with Crippen molar-refractivity contribution in [3.63, 3.8) is 0 Å². The number of hydrogen-bond donors (Lipinski definition) is 1. The highest BCUT2D eigenvalue weighted by atomic mass is 19.1. The van der Waals surface area contributed by atoms with Crippen LogP contribution in [0.3, 0.4) is 0 Å². The van der Waals surface area contributed by atoms with Crippen molar-refractivity contribution in [3.05, 3.63) is 48.5 Å². The van der Waals surface area contributed by atoms with Gasteiger partial charge in [-0.1, -0.05) is 0 Å². The second-order valence-corrected chi connectivity index (χ2v) is 7.35. The molecular formula is C20H19FN8. The molecule has 2 atom stereocenters. The lowest BCUT2D eigenvalue weighted by Gasteiger charge is -2.32. The van der Waals surface area contributed by atoms with Crippen molar-refractivity contribution in [3.8, 4) is 17.2 Å². The fourth-order valence-electron chi connectivity index (χ4n) is 3.87. The number of fused-ring (bicyclic) bond motifs is 2. The standard InChI is InChI=1S/C20H19FN8/c1-27-7-5-17(16(21)12-27)24-20-25-18(11-22)19-15(4-9-29(19)26-20)13-3-8-28-14(10-13)2-6-23-28/h2-4,6,8-10,16-17H,5,7,12H2,1H3,(H,24,26)/t16?,17-/m1/s1. The highest BCUT2D eigenvalue weighted by Gasteiger charge is 2.28. The lowest BCUT2D eigenvalue weighted by molar-refractivity contribution is 0.149. The van der Waals surface area contributed by atoms with Crippen LogP contribution in [0.25, 0.3) is 22.2 Å². The van der Waals surface area contributed by atoms with E-state index in [0.29, 0.717) is 18.5 Å². The molecule has 146 valence electrons. The van der Waals surface area contributed by atoms with Crippen LogP contribution in [0.15, 0.2) is 42.9 Å². The monoisotopic (exact) mass is 390 g/mol. The molecule has 0 amide bonds. The summed E-state index contributed by atoms with van der Waals surface area (Å²) in [7, 11) is 1.90. The van der Waals surface area contributed by atoms with Gasteiger partial charge < -0.3 is 10.2 Å². The number of nitriles is 1. The second kappa shape index (κ2) is 6.83. The molecule has 29 heavy (non-hydrogen) atoms. The van der Waals surface area contributed by atoms with Gasteiger partial charge in [-0.3, -0.25) is 0 Å². The van der Waals surface area contributed by atoms with Crippen LogP contribution in [-0.4, -0.2) is 61.5 Å². The summed E-state index contributed by atoms with van der Waals surface area (Å²) in [5.74, 6) is 0.264. The maximum atomic E-state index is 14.4. The van der Waals surface area contributed by atoms with E-state index in [1.807, 2.05) is 42.4 Å². The first-order valence-corrected chi connectivity index (χ1v) is 9.45. The fourth-order valence-corrected chi connectivity index (χ4v) is 3.87. The molecule has 0 bridgehead atoms.